The molecule has 1 aliphatic rings. The number of rotatable bonds is 1. The summed E-state index contributed by atoms with van der Waals surface area (Å²) in [5.41, 5.74) is 9.31. The van der Waals surface area contributed by atoms with Gasteiger partial charge in [0.2, 0.25) is 0 Å². The molecule has 0 amide bonds. The molecule has 3 rings (SSSR count). The van der Waals surface area contributed by atoms with Crippen LogP contribution < -0.4 is 10.5 Å². The van der Waals surface area contributed by atoms with Crippen LogP contribution in [0.1, 0.15) is 36.1 Å². The van der Waals surface area contributed by atoms with Gasteiger partial charge in [-0.3, -0.25) is 0 Å². The van der Waals surface area contributed by atoms with Gasteiger partial charge < -0.3 is 10.5 Å². The molecule has 0 spiro atoms. The Kier molecular flexibility index (Phi) is 3.23. The van der Waals surface area contributed by atoms with E-state index < -0.39 is 5.60 Å². The topological polar surface area (TPSA) is 35.2 Å². The molecule has 1 heterocycles. The van der Waals surface area contributed by atoms with E-state index in [1.807, 2.05) is 18.2 Å². The van der Waals surface area contributed by atoms with Gasteiger partial charge in [0, 0.05) is 23.0 Å². The summed E-state index contributed by atoms with van der Waals surface area (Å²) in [7, 11) is 0. The van der Waals surface area contributed by atoms with Crippen LogP contribution in [0.25, 0.3) is 0 Å². The molecule has 0 bridgehead atoms. The molecule has 104 valence electrons. The molecule has 0 aliphatic carbocycles. The van der Waals surface area contributed by atoms with E-state index >= 15 is 0 Å². The Bertz CT molecular complexity index is 655. The molecule has 3 heteroatoms. The van der Waals surface area contributed by atoms with Gasteiger partial charge >= 0.3 is 0 Å². The number of halogens is 1. The molecule has 0 aromatic heterocycles. The maximum atomic E-state index is 6.33. The maximum absolute atomic E-state index is 6.33. The van der Waals surface area contributed by atoms with Gasteiger partial charge in [-0.1, -0.05) is 41.4 Å². The van der Waals surface area contributed by atoms with E-state index in [4.69, 9.17) is 22.1 Å². The Hall–Kier alpha value is -1.51. The van der Waals surface area contributed by atoms with Gasteiger partial charge in [0.05, 0.1) is 0 Å². The third-order valence-electron chi connectivity index (χ3n) is 3.94. The number of benzene rings is 2. The lowest BCUT2D eigenvalue weighted by atomic mass is 9.83. The lowest BCUT2D eigenvalue weighted by molar-refractivity contribution is 0.0511. The van der Waals surface area contributed by atoms with E-state index in [0.29, 0.717) is 5.02 Å². The van der Waals surface area contributed by atoms with Gasteiger partial charge in [0.25, 0.3) is 0 Å². The average molecular weight is 288 g/mol. The molecule has 1 unspecified atom stereocenters. The summed E-state index contributed by atoms with van der Waals surface area (Å²) in [5.74, 6) is 0.831. The Morgan fingerprint density at radius 2 is 2.05 bits per heavy atom. The first kappa shape index (κ1) is 13.5. The van der Waals surface area contributed by atoms with Gasteiger partial charge in [-0.25, -0.2) is 0 Å². The second-order valence-electron chi connectivity index (χ2n) is 5.70. The predicted octanol–water partition coefficient (Wildman–Crippen LogP) is 4.35. The first-order valence-electron chi connectivity index (χ1n) is 6.79. The standard InChI is InChI=1S/C17H18ClNO/c1-11-4-3-5-12(8-11)17(2)10-15(19)14-9-13(18)6-7-16(14)20-17/h3-9,15H,10,19H2,1-2H3/t15-,17?/m1/s1. The molecular weight excluding hydrogens is 270 g/mol. The molecule has 1 aliphatic heterocycles. The van der Waals surface area contributed by atoms with Crippen LogP contribution in [0.15, 0.2) is 42.5 Å². The summed E-state index contributed by atoms with van der Waals surface area (Å²) in [5, 5.41) is 0.696. The molecule has 0 fully saturated rings. The fourth-order valence-corrected chi connectivity index (χ4v) is 3.05. The molecule has 2 atom stereocenters. The van der Waals surface area contributed by atoms with Crippen molar-refractivity contribution in [1.82, 2.24) is 0 Å². The van der Waals surface area contributed by atoms with Gasteiger partial charge in [-0.2, -0.15) is 0 Å². The predicted molar refractivity (Wildman–Crippen MR) is 82.2 cm³/mol. The van der Waals surface area contributed by atoms with Crippen LogP contribution in [-0.4, -0.2) is 0 Å². The molecule has 2 aromatic carbocycles. The highest BCUT2D eigenvalue weighted by atomic mass is 35.5. The highest BCUT2D eigenvalue weighted by molar-refractivity contribution is 6.30. The first-order chi connectivity index (χ1) is 9.48. The molecule has 2 N–H and O–H groups in total. The van der Waals surface area contributed by atoms with E-state index in [0.717, 1.165) is 23.3 Å². The van der Waals surface area contributed by atoms with Crippen LogP contribution in [0.2, 0.25) is 5.02 Å². The summed E-state index contributed by atoms with van der Waals surface area (Å²) in [6.45, 7) is 4.18. The SMILES string of the molecule is Cc1cccc(C2(C)C[C@@H](N)c3cc(Cl)ccc3O2)c1. The summed E-state index contributed by atoms with van der Waals surface area (Å²) >= 11 is 6.04. The molecular formula is C17H18ClNO. The molecule has 0 saturated heterocycles. The van der Waals surface area contributed by atoms with Gasteiger partial charge in [-0.05, 0) is 37.6 Å². The molecule has 0 radical (unpaired) electrons. The Labute approximate surface area is 124 Å². The zero-order valence-corrected chi connectivity index (χ0v) is 12.4. The van der Waals surface area contributed by atoms with Crippen LogP contribution in [0, 0.1) is 6.92 Å². The van der Waals surface area contributed by atoms with E-state index in [-0.39, 0.29) is 6.04 Å². The minimum Gasteiger partial charge on any atom is -0.482 e. The number of hydrogen-bond donors (Lipinski definition) is 1. The highest BCUT2D eigenvalue weighted by Crippen LogP contribution is 2.44. The van der Waals surface area contributed by atoms with Crippen molar-refractivity contribution in [2.75, 3.05) is 0 Å². The normalized spacial score (nSPS) is 24.9. The van der Waals surface area contributed by atoms with E-state index in [2.05, 4.69) is 38.1 Å². The van der Waals surface area contributed by atoms with E-state index in [1.165, 1.54) is 5.56 Å². The molecule has 0 saturated carbocycles. The summed E-state index contributed by atoms with van der Waals surface area (Å²) in [4.78, 5) is 0. The van der Waals surface area contributed by atoms with Crippen molar-refractivity contribution in [3.05, 3.63) is 64.2 Å². The zero-order valence-electron chi connectivity index (χ0n) is 11.7. The smallest absolute Gasteiger partial charge is 0.133 e. The summed E-state index contributed by atoms with van der Waals surface area (Å²) in [6, 6.07) is 14.0. The van der Waals surface area contributed by atoms with Crippen molar-refractivity contribution in [1.29, 1.82) is 0 Å². The maximum Gasteiger partial charge on any atom is 0.133 e. The zero-order chi connectivity index (χ0) is 14.3. The van der Waals surface area contributed by atoms with Crippen molar-refractivity contribution in [2.24, 2.45) is 5.73 Å². The second kappa shape index (κ2) is 4.80. The number of fused-ring (bicyclic) bond motifs is 1. The monoisotopic (exact) mass is 287 g/mol. The Balaban J connectivity index is 2.04. The van der Waals surface area contributed by atoms with Crippen LogP contribution >= 0.6 is 11.6 Å². The quantitative estimate of drug-likeness (QED) is 0.846. The van der Waals surface area contributed by atoms with Crippen LogP contribution in [0.5, 0.6) is 5.75 Å². The van der Waals surface area contributed by atoms with E-state index in [1.54, 1.807) is 0 Å². The van der Waals surface area contributed by atoms with Gasteiger partial charge in [0.15, 0.2) is 0 Å². The Morgan fingerprint density at radius 1 is 1.25 bits per heavy atom. The molecule has 20 heavy (non-hydrogen) atoms. The van der Waals surface area contributed by atoms with Crippen LogP contribution in [-0.2, 0) is 5.60 Å². The number of hydrogen-bond acceptors (Lipinski definition) is 2. The number of aryl methyl sites for hydroxylation is 1. The fourth-order valence-electron chi connectivity index (χ4n) is 2.87. The largest absolute Gasteiger partial charge is 0.482 e. The number of nitrogens with two attached hydrogens (primary N) is 1. The van der Waals surface area contributed by atoms with Crippen molar-refractivity contribution < 1.29 is 4.74 Å². The second-order valence-corrected chi connectivity index (χ2v) is 6.13. The third kappa shape index (κ3) is 2.30. The fraction of sp³-hybridized carbons (Fsp3) is 0.294. The minimum atomic E-state index is -0.397. The van der Waals surface area contributed by atoms with Crippen molar-refractivity contribution in [3.8, 4) is 5.75 Å². The average Bonchev–Trinajstić information content (AvgIpc) is 2.40. The summed E-state index contributed by atoms with van der Waals surface area (Å²) < 4.78 is 6.25. The lowest BCUT2D eigenvalue weighted by Gasteiger charge is -2.39. The molecule has 2 nitrogen and oxygen atoms in total. The van der Waals surface area contributed by atoms with Crippen molar-refractivity contribution in [2.45, 2.75) is 31.9 Å². The third-order valence-corrected chi connectivity index (χ3v) is 4.18. The van der Waals surface area contributed by atoms with Crippen LogP contribution in [0.3, 0.4) is 0 Å². The lowest BCUT2D eigenvalue weighted by Crippen LogP contribution is -2.38. The minimum absolute atomic E-state index is 0.0667. The van der Waals surface area contributed by atoms with Crippen molar-refractivity contribution in [3.63, 3.8) is 0 Å². The van der Waals surface area contributed by atoms with Gasteiger partial charge in [0.1, 0.15) is 11.4 Å². The van der Waals surface area contributed by atoms with Crippen LogP contribution in [0.4, 0.5) is 0 Å². The first-order valence-corrected chi connectivity index (χ1v) is 7.17. The van der Waals surface area contributed by atoms with Gasteiger partial charge in [-0.15, -0.1) is 0 Å². The number of ether oxygens (including phenoxy) is 1. The highest BCUT2D eigenvalue weighted by Gasteiger charge is 2.37. The Morgan fingerprint density at radius 3 is 2.80 bits per heavy atom. The molecule has 2 aromatic rings. The summed E-state index contributed by atoms with van der Waals surface area (Å²) in [6.07, 6.45) is 0.740. The van der Waals surface area contributed by atoms with E-state index in [9.17, 15) is 0 Å². The van der Waals surface area contributed by atoms with Crippen molar-refractivity contribution >= 4 is 11.6 Å².